The lowest BCUT2D eigenvalue weighted by Gasteiger charge is -2.13. The molecule has 0 spiro atoms. The highest BCUT2D eigenvalue weighted by atomic mass is 16.3. The Morgan fingerprint density at radius 3 is 2.42 bits per heavy atom. The Hall–Kier alpha value is -2.69. The van der Waals surface area contributed by atoms with Crippen LogP contribution in [0.1, 0.15) is 5.56 Å². The van der Waals surface area contributed by atoms with Crippen molar-refractivity contribution in [3.63, 3.8) is 0 Å². The average Bonchev–Trinajstić information content (AvgIpc) is 2.42. The number of hydrogen-bond donors (Lipinski definition) is 1. The van der Waals surface area contributed by atoms with Gasteiger partial charge in [0.2, 0.25) is 0 Å². The van der Waals surface area contributed by atoms with Crippen LogP contribution in [-0.4, -0.2) is 9.67 Å². The van der Waals surface area contributed by atoms with Crippen LogP contribution in [0.4, 0.5) is 0 Å². The molecule has 0 atom stereocenters. The number of benzene rings is 1. The van der Waals surface area contributed by atoms with Gasteiger partial charge in [-0.15, -0.1) is 0 Å². The molecule has 3 rings (SSSR count). The van der Waals surface area contributed by atoms with Gasteiger partial charge in [0.05, 0.1) is 5.52 Å². The number of fused-ring (bicyclic) bond motifs is 1. The van der Waals surface area contributed by atoms with Crippen LogP contribution >= 0.6 is 0 Å². The predicted molar refractivity (Wildman–Crippen MR) is 70.9 cm³/mol. The van der Waals surface area contributed by atoms with E-state index in [2.05, 4.69) is 0 Å². The summed E-state index contributed by atoms with van der Waals surface area (Å²) in [4.78, 5) is 34.7. The van der Waals surface area contributed by atoms with Crippen LogP contribution in [0.15, 0.2) is 44.7 Å². The summed E-state index contributed by atoms with van der Waals surface area (Å²) < 4.78 is 1.08. The van der Waals surface area contributed by atoms with Crippen molar-refractivity contribution >= 4 is 10.9 Å². The molecule has 0 saturated carbocycles. The molecule has 0 aliphatic rings. The molecule has 3 aromatic rings. The zero-order valence-corrected chi connectivity index (χ0v) is 10.0. The topological polar surface area (TPSA) is 76.4 Å². The van der Waals surface area contributed by atoms with Crippen molar-refractivity contribution in [3.8, 4) is 11.4 Å². The zero-order valence-electron chi connectivity index (χ0n) is 10.0. The second kappa shape index (κ2) is 3.65. The quantitative estimate of drug-likeness (QED) is 0.646. The molecule has 1 aromatic heterocycles. The van der Waals surface area contributed by atoms with Gasteiger partial charge >= 0.3 is 0 Å². The lowest BCUT2D eigenvalue weighted by atomic mass is 10.1. The molecule has 0 unspecified atom stereocenters. The number of hydrogen-bond acceptors (Lipinski definition) is 4. The Morgan fingerprint density at radius 2 is 1.74 bits per heavy atom. The van der Waals surface area contributed by atoms with E-state index in [1.165, 1.54) is 6.07 Å². The van der Waals surface area contributed by atoms with Crippen LogP contribution < -0.4 is 16.4 Å². The number of para-hydroxylation sites is 1. The van der Waals surface area contributed by atoms with Gasteiger partial charge in [0.1, 0.15) is 5.69 Å². The molecule has 1 N–H and O–H groups in total. The Labute approximate surface area is 106 Å². The van der Waals surface area contributed by atoms with E-state index in [1.54, 1.807) is 19.1 Å². The van der Waals surface area contributed by atoms with Gasteiger partial charge in [0.25, 0.3) is 16.4 Å². The molecule has 0 saturated heterocycles. The van der Waals surface area contributed by atoms with E-state index < -0.39 is 22.2 Å². The fourth-order valence-corrected chi connectivity index (χ4v) is 2.25. The first-order valence-corrected chi connectivity index (χ1v) is 5.66. The maximum atomic E-state index is 12.0. The van der Waals surface area contributed by atoms with Crippen LogP contribution in [0.3, 0.4) is 0 Å². The minimum Gasteiger partial charge on any atom is -0.502 e. The van der Waals surface area contributed by atoms with Gasteiger partial charge in [-0.05, 0) is 18.6 Å². The maximum Gasteiger partial charge on any atom is 0.271 e. The molecular weight excluding hydrogens is 246 g/mol. The third kappa shape index (κ3) is 1.38. The van der Waals surface area contributed by atoms with E-state index in [0.29, 0.717) is 5.52 Å². The third-order valence-electron chi connectivity index (χ3n) is 3.21. The van der Waals surface area contributed by atoms with Gasteiger partial charge < -0.3 is 5.11 Å². The monoisotopic (exact) mass is 255 g/mol. The second-order valence-corrected chi connectivity index (χ2v) is 4.37. The normalized spacial score (nSPS) is 11.2. The third-order valence-corrected chi connectivity index (χ3v) is 3.21. The van der Waals surface area contributed by atoms with E-state index in [-0.39, 0.29) is 5.69 Å². The first-order valence-electron chi connectivity index (χ1n) is 5.66. The second-order valence-electron chi connectivity index (χ2n) is 4.37. The number of rotatable bonds is 1. The highest BCUT2D eigenvalue weighted by Gasteiger charge is 2.24. The van der Waals surface area contributed by atoms with Gasteiger partial charge in [-0.3, -0.25) is 19.0 Å². The van der Waals surface area contributed by atoms with Crippen LogP contribution in [0, 0.1) is 6.92 Å². The molecule has 19 heavy (non-hydrogen) atoms. The van der Waals surface area contributed by atoms with Crippen LogP contribution in [0.25, 0.3) is 16.6 Å². The smallest absolute Gasteiger partial charge is 0.271 e. The molecule has 0 amide bonds. The average molecular weight is 255 g/mol. The summed E-state index contributed by atoms with van der Waals surface area (Å²) in [7, 11) is 0. The molecule has 94 valence electrons. The van der Waals surface area contributed by atoms with Crippen molar-refractivity contribution in [1.82, 2.24) is 4.57 Å². The molecule has 0 aliphatic heterocycles. The van der Waals surface area contributed by atoms with Crippen LogP contribution in [0.5, 0.6) is 5.75 Å². The number of aromatic nitrogens is 1. The Kier molecular flexibility index (Phi) is 2.19. The Balaban J connectivity index is 2.53. The largest absolute Gasteiger partial charge is 0.502 e. The van der Waals surface area contributed by atoms with E-state index in [4.69, 9.17) is 0 Å². The number of aryl methyl sites for hydroxylation is 1. The minimum absolute atomic E-state index is 0.244. The molecule has 1 heterocycles. The van der Waals surface area contributed by atoms with Gasteiger partial charge in [0.15, 0.2) is 5.75 Å². The highest BCUT2D eigenvalue weighted by molar-refractivity contribution is 5.84. The maximum absolute atomic E-state index is 12.0. The molecule has 2 aromatic carbocycles. The van der Waals surface area contributed by atoms with E-state index in [0.717, 1.165) is 15.5 Å². The summed E-state index contributed by atoms with van der Waals surface area (Å²) >= 11 is 0. The van der Waals surface area contributed by atoms with Crippen molar-refractivity contribution < 1.29 is 5.11 Å². The van der Waals surface area contributed by atoms with Crippen molar-refractivity contribution in [2.24, 2.45) is 0 Å². The van der Waals surface area contributed by atoms with Crippen molar-refractivity contribution in [2.45, 2.75) is 6.92 Å². The fourth-order valence-electron chi connectivity index (χ4n) is 2.25. The van der Waals surface area contributed by atoms with Crippen LogP contribution in [-0.2, 0) is 0 Å². The standard InChI is InChI=1S/C14H9NO4/c1-7-6-10(16)15(9-5-3-2-4-8(7)9)11-12(17)14(19)13(11)18/h2-6,17H,1H3. The molecule has 5 heteroatoms. The predicted octanol–water partition coefficient (Wildman–Crippen LogP) is 0.601. The Morgan fingerprint density at radius 1 is 1.05 bits per heavy atom. The van der Waals surface area contributed by atoms with Crippen molar-refractivity contribution in [3.05, 3.63) is 66.7 Å². The fraction of sp³-hybridized carbons (Fsp3) is 0.0714. The van der Waals surface area contributed by atoms with Gasteiger partial charge in [-0.25, -0.2) is 0 Å². The number of pyridine rings is 1. The van der Waals surface area contributed by atoms with Gasteiger partial charge in [-0.2, -0.15) is 0 Å². The lowest BCUT2D eigenvalue weighted by Crippen LogP contribution is -2.38. The Bertz CT molecular complexity index is 942. The van der Waals surface area contributed by atoms with Crippen molar-refractivity contribution in [2.75, 3.05) is 0 Å². The SMILES string of the molecule is Cc1cc(=O)n(-c2c(O)c(=O)c2=O)c2ccccc12. The highest BCUT2D eigenvalue weighted by Crippen LogP contribution is 2.21. The number of aromatic hydroxyl groups is 1. The minimum atomic E-state index is -0.952. The van der Waals surface area contributed by atoms with E-state index in [1.807, 2.05) is 12.1 Å². The van der Waals surface area contributed by atoms with Crippen LogP contribution in [0.2, 0.25) is 0 Å². The summed E-state index contributed by atoms with van der Waals surface area (Å²) in [6.45, 7) is 1.79. The summed E-state index contributed by atoms with van der Waals surface area (Å²) in [5.74, 6) is -0.652. The first-order chi connectivity index (χ1) is 9.02. The molecule has 0 fully saturated rings. The first kappa shape index (κ1) is 11.4. The molecule has 0 bridgehead atoms. The molecular formula is C14H9NO4. The molecule has 0 radical (unpaired) electrons. The molecule has 0 aliphatic carbocycles. The zero-order chi connectivity index (χ0) is 13.7. The van der Waals surface area contributed by atoms with Gasteiger partial charge in [0, 0.05) is 11.5 Å². The van der Waals surface area contributed by atoms with Crippen molar-refractivity contribution in [1.29, 1.82) is 0 Å². The van der Waals surface area contributed by atoms with E-state index in [9.17, 15) is 19.5 Å². The summed E-state index contributed by atoms with van der Waals surface area (Å²) in [5, 5.41) is 10.3. The van der Waals surface area contributed by atoms with Gasteiger partial charge in [-0.1, -0.05) is 18.2 Å². The molecule has 5 nitrogen and oxygen atoms in total. The lowest BCUT2D eigenvalue weighted by molar-refractivity contribution is 0.459. The number of nitrogens with zero attached hydrogens (tertiary/aromatic N) is 1. The summed E-state index contributed by atoms with van der Waals surface area (Å²) in [6, 6.07) is 8.38. The summed E-state index contributed by atoms with van der Waals surface area (Å²) in [5.41, 5.74) is -1.21. The van der Waals surface area contributed by atoms with E-state index >= 15 is 0 Å². The summed E-state index contributed by atoms with van der Waals surface area (Å²) in [6.07, 6.45) is 0.